The van der Waals surface area contributed by atoms with Gasteiger partial charge in [-0.15, -0.1) is 0 Å². The number of hydroxylamine groups is 2. The minimum Gasteiger partial charge on any atom is -0.295 e. The Morgan fingerprint density at radius 1 is 1.38 bits per heavy atom. The molecule has 0 saturated carbocycles. The van der Waals surface area contributed by atoms with E-state index in [4.69, 9.17) is 4.84 Å². The van der Waals surface area contributed by atoms with Crippen molar-refractivity contribution in [3.05, 3.63) is 0 Å². The zero-order valence-electron chi connectivity index (χ0n) is 8.67. The van der Waals surface area contributed by atoms with Gasteiger partial charge in [0.05, 0.1) is 6.10 Å². The van der Waals surface area contributed by atoms with Crippen LogP contribution in [0.1, 0.15) is 51.9 Å². The number of hydrogen-bond donors (Lipinski definition) is 0. The fraction of sp³-hybridized carbons (Fsp3) is 1.00. The molecule has 0 spiro atoms. The van der Waals surface area contributed by atoms with E-state index < -0.39 is 0 Å². The second-order valence-corrected chi connectivity index (χ2v) is 4.40. The molecule has 2 aliphatic heterocycles. The van der Waals surface area contributed by atoms with Gasteiger partial charge in [0.1, 0.15) is 0 Å². The molecule has 2 nitrogen and oxygen atoms in total. The highest BCUT2D eigenvalue weighted by atomic mass is 16.7. The average Bonchev–Trinajstić information content (AvgIpc) is 2.57. The van der Waals surface area contributed by atoms with Crippen molar-refractivity contribution in [1.82, 2.24) is 5.06 Å². The van der Waals surface area contributed by atoms with Crippen LogP contribution >= 0.6 is 0 Å². The molecule has 2 saturated heterocycles. The van der Waals surface area contributed by atoms with E-state index in [-0.39, 0.29) is 0 Å². The lowest BCUT2D eigenvalue weighted by molar-refractivity contribution is -0.172. The summed E-state index contributed by atoms with van der Waals surface area (Å²) in [6.07, 6.45) is 9.83. The predicted octanol–water partition coefficient (Wildman–Crippen LogP) is 2.74. The van der Waals surface area contributed by atoms with Crippen LogP contribution in [0.3, 0.4) is 0 Å². The molecule has 0 aromatic heterocycles. The fourth-order valence-electron chi connectivity index (χ4n) is 2.49. The van der Waals surface area contributed by atoms with Gasteiger partial charge in [0.25, 0.3) is 0 Å². The molecule has 0 aromatic carbocycles. The Kier molecular flexibility index (Phi) is 3.23. The lowest BCUT2D eigenvalue weighted by Gasteiger charge is -2.26. The summed E-state index contributed by atoms with van der Waals surface area (Å²) in [5, 5.41) is 2.25. The smallest absolute Gasteiger partial charge is 0.0809 e. The molecule has 0 bridgehead atoms. The molecule has 76 valence electrons. The molecule has 13 heavy (non-hydrogen) atoms. The second kappa shape index (κ2) is 4.43. The van der Waals surface area contributed by atoms with Crippen molar-refractivity contribution in [2.45, 2.75) is 64.0 Å². The van der Waals surface area contributed by atoms with E-state index >= 15 is 0 Å². The zero-order chi connectivity index (χ0) is 9.10. The van der Waals surface area contributed by atoms with Gasteiger partial charge in [-0.3, -0.25) is 4.84 Å². The highest BCUT2D eigenvalue weighted by Crippen LogP contribution is 2.30. The maximum atomic E-state index is 5.90. The van der Waals surface area contributed by atoms with E-state index in [9.17, 15) is 0 Å². The maximum absolute atomic E-state index is 5.90. The first-order valence-electron chi connectivity index (χ1n) is 5.83. The molecule has 0 aliphatic carbocycles. The van der Waals surface area contributed by atoms with Crippen LogP contribution in [0.4, 0.5) is 0 Å². The number of piperidine rings is 1. The Morgan fingerprint density at radius 2 is 2.31 bits per heavy atom. The van der Waals surface area contributed by atoms with E-state index in [1.54, 1.807) is 0 Å². The standard InChI is InChI=1S/C11H21NO/c1-2-3-7-11-9-10-6-4-5-8-12(10)13-11/h10-11H,2-9H2,1H3. The van der Waals surface area contributed by atoms with Gasteiger partial charge in [0.2, 0.25) is 0 Å². The predicted molar refractivity (Wildman–Crippen MR) is 53.4 cm³/mol. The highest BCUT2D eigenvalue weighted by Gasteiger charge is 2.34. The van der Waals surface area contributed by atoms with E-state index in [0.29, 0.717) is 6.10 Å². The zero-order valence-corrected chi connectivity index (χ0v) is 8.67. The van der Waals surface area contributed by atoms with Crippen molar-refractivity contribution < 1.29 is 4.84 Å². The van der Waals surface area contributed by atoms with Gasteiger partial charge in [-0.2, -0.15) is 5.06 Å². The molecule has 0 N–H and O–H groups in total. The summed E-state index contributed by atoms with van der Waals surface area (Å²) < 4.78 is 0. The molecule has 2 rings (SSSR count). The molecule has 0 aromatic rings. The Labute approximate surface area is 81.2 Å². The monoisotopic (exact) mass is 183 g/mol. The van der Waals surface area contributed by atoms with Gasteiger partial charge >= 0.3 is 0 Å². The SMILES string of the molecule is CCCCC1CC2CCCCN2O1. The molecule has 0 amide bonds. The lowest BCUT2D eigenvalue weighted by atomic mass is 9.99. The van der Waals surface area contributed by atoms with Gasteiger partial charge in [-0.05, 0) is 25.7 Å². The molecule has 0 radical (unpaired) electrons. The Hall–Kier alpha value is -0.0800. The summed E-state index contributed by atoms with van der Waals surface area (Å²) in [6, 6.07) is 0.760. The minimum atomic E-state index is 0.544. The summed E-state index contributed by atoms with van der Waals surface area (Å²) in [6.45, 7) is 3.43. The van der Waals surface area contributed by atoms with Crippen LogP contribution in [0.5, 0.6) is 0 Å². The number of nitrogens with zero attached hydrogens (tertiary/aromatic N) is 1. The van der Waals surface area contributed by atoms with E-state index in [2.05, 4.69) is 12.0 Å². The molecular weight excluding hydrogens is 162 g/mol. The topological polar surface area (TPSA) is 12.5 Å². The van der Waals surface area contributed by atoms with Crippen molar-refractivity contribution in [1.29, 1.82) is 0 Å². The van der Waals surface area contributed by atoms with Gasteiger partial charge in [0, 0.05) is 12.6 Å². The number of hydrogen-bond acceptors (Lipinski definition) is 2. The third-order valence-electron chi connectivity index (χ3n) is 3.27. The van der Waals surface area contributed by atoms with Gasteiger partial charge in [-0.1, -0.05) is 26.2 Å². The molecular formula is C11H21NO. The van der Waals surface area contributed by atoms with Gasteiger partial charge < -0.3 is 0 Å². The summed E-state index contributed by atoms with van der Waals surface area (Å²) in [5.74, 6) is 0. The van der Waals surface area contributed by atoms with Crippen LogP contribution in [0.15, 0.2) is 0 Å². The van der Waals surface area contributed by atoms with Gasteiger partial charge in [-0.25, -0.2) is 0 Å². The number of rotatable bonds is 3. The minimum absolute atomic E-state index is 0.544. The molecule has 2 atom stereocenters. The van der Waals surface area contributed by atoms with Crippen molar-refractivity contribution in [3.8, 4) is 0 Å². The average molecular weight is 183 g/mol. The summed E-state index contributed by atoms with van der Waals surface area (Å²) >= 11 is 0. The summed E-state index contributed by atoms with van der Waals surface area (Å²) in [5.41, 5.74) is 0. The molecule has 2 heterocycles. The van der Waals surface area contributed by atoms with Crippen LogP contribution in [-0.2, 0) is 4.84 Å². The van der Waals surface area contributed by atoms with E-state index in [1.807, 2.05) is 0 Å². The molecule has 2 fully saturated rings. The first-order valence-corrected chi connectivity index (χ1v) is 5.83. The summed E-state index contributed by atoms with van der Waals surface area (Å²) in [4.78, 5) is 5.90. The van der Waals surface area contributed by atoms with E-state index in [1.165, 1.54) is 51.5 Å². The van der Waals surface area contributed by atoms with Crippen LogP contribution in [-0.4, -0.2) is 23.8 Å². The van der Waals surface area contributed by atoms with Crippen LogP contribution in [0.2, 0.25) is 0 Å². The maximum Gasteiger partial charge on any atom is 0.0809 e. The quantitative estimate of drug-likeness (QED) is 0.667. The van der Waals surface area contributed by atoms with Crippen molar-refractivity contribution in [2.75, 3.05) is 6.54 Å². The van der Waals surface area contributed by atoms with Crippen molar-refractivity contribution >= 4 is 0 Å². The number of fused-ring (bicyclic) bond motifs is 1. The Morgan fingerprint density at radius 3 is 3.08 bits per heavy atom. The second-order valence-electron chi connectivity index (χ2n) is 4.40. The first-order chi connectivity index (χ1) is 6.40. The summed E-state index contributed by atoms with van der Waals surface area (Å²) in [7, 11) is 0. The molecule has 2 unspecified atom stereocenters. The van der Waals surface area contributed by atoms with Crippen LogP contribution in [0, 0.1) is 0 Å². The Balaban J connectivity index is 1.77. The fourth-order valence-corrected chi connectivity index (χ4v) is 2.49. The molecule has 2 heteroatoms. The van der Waals surface area contributed by atoms with Crippen molar-refractivity contribution in [2.24, 2.45) is 0 Å². The third kappa shape index (κ3) is 2.23. The van der Waals surface area contributed by atoms with Crippen LogP contribution < -0.4 is 0 Å². The first kappa shape index (κ1) is 9.47. The Bertz CT molecular complexity index is 146. The number of unbranched alkanes of at least 4 members (excludes halogenated alkanes) is 1. The van der Waals surface area contributed by atoms with E-state index in [0.717, 1.165) is 6.04 Å². The third-order valence-corrected chi connectivity index (χ3v) is 3.27. The van der Waals surface area contributed by atoms with Gasteiger partial charge in [0.15, 0.2) is 0 Å². The van der Waals surface area contributed by atoms with Crippen LogP contribution in [0.25, 0.3) is 0 Å². The largest absolute Gasteiger partial charge is 0.295 e. The normalized spacial score (nSPS) is 34.8. The highest BCUT2D eigenvalue weighted by molar-refractivity contribution is 4.80. The lowest BCUT2D eigenvalue weighted by Crippen LogP contribution is -2.32. The van der Waals surface area contributed by atoms with Crippen molar-refractivity contribution in [3.63, 3.8) is 0 Å². The molecule has 2 aliphatic rings.